The molecular formula is C22H27N3O4S. The van der Waals surface area contributed by atoms with Crippen LogP contribution < -0.4 is 14.8 Å². The van der Waals surface area contributed by atoms with Gasteiger partial charge in [-0.2, -0.15) is 0 Å². The number of hydrogen-bond donors (Lipinski definition) is 2. The van der Waals surface area contributed by atoms with Gasteiger partial charge in [0, 0.05) is 23.7 Å². The number of sulfonamides is 1. The van der Waals surface area contributed by atoms with E-state index in [0.29, 0.717) is 30.3 Å². The second kappa shape index (κ2) is 7.92. The molecule has 0 radical (unpaired) electrons. The Bertz CT molecular complexity index is 1100. The van der Waals surface area contributed by atoms with Gasteiger partial charge >= 0.3 is 0 Å². The molecule has 0 bridgehead atoms. The van der Waals surface area contributed by atoms with Crippen molar-refractivity contribution < 1.29 is 17.9 Å². The van der Waals surface area contributed by atoms with Crippen molar-refractivity contribution in [2.24, 2.45) is 0 Å². The minimum Gasteiger partial charge on any atom is -0.496 e. The van der Waals surface area contributed by atoms with Crippen LogP contribution >= 0.6 is 0 Å². The predicted octanol–water partition coefficient (Wildman–Crippen LogP) is 2.80. The van der Waals surface area contributed by atoms with Gasteiger partial charge in [0.15, 0.2) is 0 Å². The van der Waals surface area contributed by atoms with Gasteiger partial charge in [-0.1, -0.05) is 0 Å². The first-order valence-electron chi connectivity index (χ1n) is 10.1. The van der Waals surface area contributed by atoms with E-state index in [0.717, 1.165) is 41.7 Å². The number of likely N-dealkylation sites (N-methyl/N-ethyl adjacent to an activating group) is 1. The zero-order chi connectivity index (χ0) is 21.5. The van der Waals surface area contributed by atoms with E-state index in [4.69, 9.17) is 4.74 Å². The number of hydrogen-bond acceptors (Lipinski definition) is 5. The zero-order valence-electron chi connectivity index (χ0n) is 17.5. The smallest absolute Gasteiger partial charge is 0.261 e. The van der Waals surface area contributed by atoms with Crippen LogP contribution in [-0.4, -0.2) is 46.5 Å². The number of anilines is 2. The maximum Gasteiger partial charge on any atom is 0.261 e. The van der Waals surface area contributed by atoms with Gasteiger partial charge in [-0.05, 0) is 81.2 Å². The summed E-state index contributed by atoms with van der Waals surface area (Å²) in [4.78, 5) is 13.9. The van der Waals surface area contributed by atoms with Crippen LogP contribution in [-0.2, 0) is 34.1 Å². The summed E-state index contributed by atoms with van der Waals surface area (Å²) in [5.74, 6) is 0.751. The van der Waals surface area contributed by atoms with Crippen molar-refractivity contribution in [1.82, 2.24) is 4.90 Å². The van der Waals surface area contributed by atoms with E-state index in [9.17, 15) is 13.2 Å². The molecule has 160 valence electrons. The summed E-state index contributed by atoms with van der Waals surface area (Å²) in [5.41, 5.74) is 4.19. The lowest BCUT2D eigenvalue weighted by atomic mass is 9.86. The van der Waals surface area contributed by atoms with Gasteiger partial charge in [0.25, 0.3) is 10.0 Å². The van der Waals surface area contributed by atoms with Gasteiger partial charge in [0.2, 0.25) is 5.91 Å². The third-order valence-corrected chi connectivity index (χ3v) is 7.40. The largest absolute Gasteiger partial charge is 0.496 e. The average molecular weight is 430 g/mol. The van der Waals surface area contributed by atoms with Crippen LogP contribution in [0.15, 0.2) is 35.2 Å². The first-order chi connectivity index (χ1) is 14.3. The molecule has 1 unspecified atom stereocenters. The normalized spacial score (nSPS) is 18.4. The lowest BCUT2D eigenvalue weighted by Gasteiger charge is -2.32. The molecule has 2 aliphatic rings. The van der Waals surface area contributed by atoms with Gasteiger partial charge in [0.1, 0.15) is 5.75 Å². The number of amides is 1. The third kappa shape index (κ3) is 3.89. The average Bonchev–Trinajstić information content (AvgIpc) is 2.72. The summed E-state index contributed by atoms with van der Waals surface area (Å²) in [5, 5.41) is 2.78. The lowest BCUT2D eigenvalue weighted by Crippen LogP contribution is -2.34. The molecule has 1 heterocycles. The lowest BCUT2D eigenvalue weighted by molar-refractivity contribution is -0.116. The summed E-state index contributed by atoms with van der Waals surface area (Å²) in [6.45, 7) is 0. The Balaban J connectivity index is 1.66. The van der Waals surface area contributed by atoms with E-state index in [1.54, 1.807) is 25.3 Å². The first kappa shape index (κ1) is 20.7. The van der Waals surface area contributed by atoms with E-state index < -0.39 is 10.0 Å². The Kier molecular flexibility index (Phi) is 5.46. The van der Waals surface area contributed by atoms with Gasteiger partial charge < -0.3 is 15.0 Å². The van der Waals surface area contributed by atoms with Crippen molar-refractivity contribution >= 4 is 27.3 Å². The monoisotopic (exact) mass is 429 g/mol. The molecule has 2 N–H and O–H groups in total. The number of aryl methyl sites for hydroxylation is 1. The molecule has 1 aliphatic carbocycles. The Morgan fingerprint density at radius 3 is 2.63 bits per heavy atom. The summed E-state index contributed by atoms with van der Waals surface area (Å²) in [7, 11) is 2.01. The highest BCUT2D eigenvalue weighted by Gasteiger charge is 2.27. The molecule has 0 fully saturated rings. The summed E-state index contributed by atoms with van der Waals surface area (Å²) >= 11 is 0. The van der Waals surface area contributed by atoms with Crippen LogP contribution in [0.2, 0.25) is 0 Å². The van der Waals surface area contributed by atoms with E-state index in [2.05, 4.69) is 29.0 Å². The number of fused-ring (bicyclic) bond motifs is 2. The number of nitrogens with one attached hydrogen (secondary N) is 2. The molecule has 2 aromatic rings. The predicted molar refractivity (Wildman–Crippen MR) is 117 cm³/mol. The molecule has 1 amide bonds. The number of ether oxygens (including phenoxy) is 1. The van der Waals surface area contributed by atoms with E-state index in [1.165, 1.54) is 6.07 Å². The van der Waals surface area contributed by atoms with Crippen LogP contribution in [0.5, 0.6) is 5.75 Å². The Hall–Kier alpha value is -2.58. The summed E-state index contributed by atoms with van der Waals surface area (Å²) in [6.07, 6.45) is 3.46. The van der Waals surface area contributed by atoms with Gasteiger partial charge in [-0.15, -0.1) is 0 Å². The fraction of sp³-hybridized carbons (Fsp3) is 0.409. The fourth-order valence-corrected chi connectivity index (χ4v) is 5.43. The van der Waals surface area contributed by atoms with Crippen LogP contribution in [0.1, 0.15) is 29.5 Å². The topological polar surface area (TPSA) is 87.7 Å². The zero-order valence-corrected chi connectivity index (χ0v) is 18.3. The van der Waals surface area contributed by atoms with Crippen LogP contribution in [0.3, 0.4) is 0 Å². The molecule has 0 saturated carbocycles. The molecule has 2 aromatic carbocycles. The number of rotatable bonds is 5. The minimum atomic E-state index is -3.76. The Labute approximate surface area is 177 Å². The Morgan fingerprint density at radius 1 is 1.10 bits per heavy atom. The highest BCUT2D eigenvalue weighted by molar-refractivity contribution is 7.92. The van der Waals surface area contributed by atoms with Crippen molar-refractivity contribution in [1.29, 1.82) is 0 Å². The number of carbonyl (C=O) groups is 1. The molecule has 4 rings (SSSR count). The molecule has 0 spiro atoms. The number of methoxy groups -OCH3 is 1. The van der Waals surface area contributed by atoms with Gasteiger partial charge in [-0.3, -0.25) is 9.52 Å². The number of carbonyl (C=O) groups excluding carboxylic acids is 1. The highest BCUT2D eigenvalue weighted by atomic mass is 32.2. The highest BCUT2D eigenvalue weighted by Crippen LogP contribution is 2.37. The fourth-order valence-electron chi connectivity index (χ4n) is 4.29. The maximum absolute atomic E-state index is 13.1. The second-order valence-corrected chi connectivity index (χ2v) is 9.79. The molecular weight excluding hydrogens is 402 g/mol. The standard InChI is InChI=1S/C22H27N3O4S/c1-25(2)15-5-7-17-18(13-15)21(29-3)10-9-20(17)24-30(27,28)16-6-8-19-14(12-16)4-11-22(26)23-19/h6,8-10,12,15,24H,4-5,7,11,13H2,1-3H3,(H,23,26). The molecule has 30 heavy (non-hydrogen) atoms. The van der Waals surface area contributed by atoms with Crippen molar-refractivity contribution in [3.63, 3.8) is 0 Å². The molecule has 0 aromatic heterocycles. The van der Waals surface area contributed by atoms with E-state index in [1.807, 2.05) is 6.07 Å². The van der Waals surface area contributed by atoms with Crippen LogP contribution in [0.25, 0.3) is 0 Å². The minimum absolute atomic E-state index is 0.0443. The summed E-state index contributed by atoms with van der Waals surface area (Å²) < 4.78 is 34.6. The number of nitrogens with zero attached hydrogens (tertiary/aromatic N) is 1. The van der Waals surface area contributed by atoms with Gasteiger partial charge in [0.05, 0.1) is 17.7 Å². The quantitative estimate of drug-likeness (QED) is 0.763. The molecule has 0 saturated heterocycles. The van der Waals surface area contributed by atoms with Crippen molar-refractivity contribution in [3.05, 3.63) is 47.0 Å². The molecule has 1 aliphatic heterocycles. The summed E-state index contributed by atoms with van der Waals surface area (Å²) in [6, 6.07) is 8.85. The SMILES string of the molecule is COc1ccc(NS(=O)(=O)c2ccc3c(c2)CCC(=O)N3)c2c1CC(N(C)C)CC2. The maximum atomic E-state index is 13.1. The molecule has 8 heteroatoms. The van der Waals surface area contributed by atoms with Crippen LogP contribution in [0, 0.1) is 0 Å². The van der Waals surface area contributed by atoms with E-state index in [-0.39, 0.29) is 10.8 Å². The first-order valence-corrected chi connectivity index (χ1v) is 11.6. The van der Waals surface area contributed by atoms with Gasteiger partial charge in [-0.25, -0.2) is 8.42 Å². The molecule has 1 atom stereocenters. The number of benzene rings is 2. The van der Waals surface area contributed by atoms with Crippen molar-refractivity contribution in [3.8, 4) is 5.75 Å². The third-order valence-electron chi connectivity index (χ3n) is 6.03. The Morgan fingerprint density at radius 2 is 1.90 bits per heavy atom. The van der Waals surface area contributed by atoms with Crippen LogP contribution in [0.4, 0.5) is 11.4 Å². The second-order valence-electron chi connectivity index (χ2n) is 8.11. The van der Waals surface area contributed by atoms with Crippen molar-refractivity contribution in [2.75, 3.05) is 31.2 Å². The molecule has 7 nitrogen and oxygen atoms in total. The van der Waals surface area contributed by atoms with Crippen molar-refractivity contribution in [2.45, 2.75) is 43.0 Å². The van der Waals surface area contributed by atoms with E-state index >= 15 is 0 Å².